The summed E-state index contributed by atoms with van der Waals surface area (Å²) in [4.78, 5) is 15.4. The van der Waals surface area contributed by atoms with Crippen molar-refractivity contribution in [3.8, 4) is 0 Å². The van der Waals surface area contributed by atoms with Crippen molar-refractivity contribution in [2.75, 3.05) is 29.7 Å². The smallest absolute Gasteiger partial charge is 0.425 e. The molecule has 0 unspecified atom stereocenters. The maximum Gasteiger partial charge on any atom is 0.425 e. The standard InChI is InChI=1S/C10H12N4O4S/c15-10-14(5-6-18-10)19(16,17)13-8-2-1-7-3-4-11-9(7)12-8/h1-2H,3-6H2,(H2,11,12,13). The Morgan fingerprint density at radius 1 is 1.42 bits per heavy atom. The zero-order chi connectivity index (χ0) is 13.5. The maximum absolute atomic E-state index is 12.0. The Labute approximate surface area is 109 Å². The van der Waals surface area contributed by atoms with E-state index in [9.17, 15) is 13.2 Å². The van der Waals surface area contributed by atoms with Crippen LogP contribution < -0.4 is 10.0 Å². The van der Waals surface area contributed by atoms with Crippen LogP contribution in [0.15, 0.2) is 12.1 Å². The summed E-state index contributed by atoms with van der Waals surface area (Å²) in [7, 11) is -3.96. The molecular weight excluding hydrogens is 272 g/mol. The Kier molecular flexibility index (Phi) is 2.70. The van der Waals surface area contributed by atoms with E-state index in [1.54, 1.807) is 6.07 Å². The third-order valence-corrected chi connectivity index (χ3v) is 4.29. The van der Waals surface area contributed by atoms with Gasteiger partial charge in [0.2, 0.25) is 0 Å². The first kappa shape index (κ1) is 12.0. The number of nitrogens with one attached hydrogen (secondary N) is 2. The quantitative estimate of drug-likeness (QED) is 0.820. The van der Waals surface area contributed by atoms with Gasteiger partial charge in [-0.25, -0.2) is 14.5 Å². The van der Waals surface area contributed by atoms with Crippen LogP contribution in [-0.4, -0.2) is 43.5 Å². The molecule has 0 aromatic carbocycles. The lowest BCUT2D eigenvalue weighted by Gasteiger charge is -2.14. The molecule has 1 aromatic rings. The number of rotatable bonds is 3. The number of ether oxygens (including phenoxy) is 1. The minimum Gasteiger partial charge on any atom is -0.447 e. The number of nitrogens with zero attached hydrogens (tertiary/aromatic N) is 2. The van der Waals surface area contributed by atoms with E-state index in [1.807, 2.05) is 6.07 Å². The number of fused-ring (bicyclic) bond motifs is 1. The molecule has 3 heterocycles. The van der Waals surface area contributed by atoms with Gasteiger partial charge in [-0.15, -0.1) is 0 Å². The molecule has 0 spiro atoms. The van der Waals surface area contributed by atoms with E-state index in [0.29, 0.717) is 10.1 Å². The Bertz CT molecular complexity index is 630. The summed E-state index contributed by atoms with van der Waals surface area (Å²) in [6.45, 7) is 0.868. The highest BCUT2D eigenvalue weighted by atomic mass is 32.2. The highest BCUT2D eigenvalue weighted by molar-refractivity contribution is 7.90. The van der Waals surface area contributed by atoms with E-state index in [-0.39, 0.29) is 19.0 Å². The van der Waals surface area contributed by atoms with Gasteiger partial charge in [0.1, 0.15) is 18.2 Å². The normalized spacial score (nSPS) is 17.9. The topological polar surface area (TPSA) is 101 Å². The first-order valence-electron chi connectivity index (χ1n) is 5.77. The van der Waals surface area contributed by atoms with Gasteiger partial charge in [0.05, 0.1) is 6.54 Å². The molecule has 0 atom stereocenters. The molecule has 1 aromatic heterocycles. The second-order valence-corrected chi connectivity index (χ2v) is 5.77. The molecule has 0 saturated carbocycles. The molecule has 1 fully saturated rings. The Morgan fingerprint density at radius 3 is 3.00 bits per heavy atom. The Balaban J connectivity index is 1.83. The fourth-order valence-corrected chi connectivity index (χ4v) is 3.05. The van der Waals surface area contributed by atoms with Crippen molar-refractivity contribution in [2.45, 2.75) is 6.42 Å². The summed E-state index contributed by atoms with van der Waals surface area (Å²) in [5.41, 5.74) is 1.04. The van der Waals surface area contributed by atoms with E-state index in [0.717, 1.165) is 18.5 Å². The van der Waals surface area contributed by atoms with Crippen LogP contribution in [-0.2, 0) is 21.4 Å². The molecular formula is C10H12N4O4S. The SMILES string of the molecule is O=C1OCCN1S(=O)(=O)Nc1ccc2c(n1)NCC2. The number of hydrogen-bond donors (Lipinski definition) is 2. The molecule has 8 nitrogen and oxygen atoms in total. The van der Waals surface area contributed by atoms with Crippen molar-refractivity contribution >= 4 is 27.9 Å². The first-order valence-corrected chi connectivity index (χ1v) is 7.21. The average Bonchev–Trinajstić information content (AvgIpc) is 2.96. The number of aromatic nitrogens is 1. The third kappa shape index (κ3) is 2.16. The predicted octanol–water partition coefficient (Wildman–Crippen LogP) is 0.158. The van der Waals surface area contributed by atoms with Crippen molar-refractivity contribution in [1.82, 2.24) is 9.29 Å². The minimum atomic E-state index is -3.96. The van der Waals surface area contributed by atoms with Crippen LogP contribution in [0.5, 0.6) is 0 Å². The Hall–Kier alpha value is -2.03. The van der Waals surface area contributed by atoms with Gasteiger partial charge < -0.3 is 10.1 Å². The van der Waals surface area contributed by atoms with Crippen molar-refractivity contribution < 1.29 is 17.9 Å². The van der Waals surface area contributed by atoms with E-state index in [1.165, 1.54) is 0 Å². The van der Waals surface area contributed by atoms with Gasteiger partial charge in [0.15, 0.2) is 0 Å². The molecule has 2 aliphatic rings. The molecule has 0 aliphatic carbocycles. The lowest BCUT2D eigenvalue weighted by atomic mass is 10.2. The molecule has 1 saturated heterocycles. The van der Waals surface area contributed by atoms with Crippen molar-refractivity contribution in [3.63, 3.8) is 0 Å². The molecule has 102 valence electrons. The van der Waals surface area contributed by atoms with Crippen molar-refractivity contribution in [3.05, 3.63) is 17.7 Å². The number of cyclic esters (lactones) is 1. The second-order valence-electron chi connectivity index (χ2n) is 4.17. The van der Waals surface area contributed by atoms with Gasteiger partial charge in [-0.3, -0.25) is 0 Å². The van der Waals surface area contributed by atoms with E-state index < -0.39 is 16.3 Å². The van der Waals surface area contributed by atoms with Gasteiger partial charge in [0, 0.05) is 6.54 Å². The highest BCUT2D eigenvalue weighted by Crippen LogP contribution is 2.22. The monoisotopic (exact) mass is 284 g/mol. The summed E-state index contributed by atoms with van der Waals surface area (Å²) < 4.78 is 31.4. The van der Waals surface area contributed by atoms with Crippen LogP contribution in [0.3, 0.4) is 0 Å². The van der Waals surface area contributed by atoms with Gasteiger partial charge in [-0.2, -0.15) is 12.7 Å². The molecule has 0 radical (unpaired) electrons. The summed E-state index contributed by atoms with van der Waals surface area (Å²) in [6, 6.07) is 3.38. The zero-order valence-corrected chi connectivity index (χ0v) is 10.7. The van der Waals surface area contributed by atoms with Crippen LogP contribution in [0.1, 0.15) is 5.56 Å². The maximum atomic E-state index is 12.0. The molecule has 3 rings (SSSR count). The van der Waals surface area contributed by atoms with Gasteiger partial charge >= 0.3 is 16.3 Å². The third-order valence-electron chi connectivity index (χ3n) is 2.91. The molecule has 9 heteroatoms. The van der Waals surface area contributed by atoms with Crippen molar-refractivity contribution in [2.24, 2.45) is 0 Å². The Morgan fingerprint density at radius 2 is 2.26 bits per heavy atom. The number of carbonyl (C=O) groups is 1. The number of hydrogen-bond acceptors (Lipinski definition) is 6. The molecule has 0 bridgehead atoms. The van der Waals surface area contributed by atoms with Gasteiger partial charge in [-0.1, -0.05) is 6.07 Å². The fraction of sp³-hybridized carbons (Fsp3) is 0.400. The lowest BCUT2D eigenvalue weighted by molar-refractivity contribution is 0.170. The molecule has 2 aliphatic heterocycles. The van der Waals surface area contributed by atoms with E-state index >= 15 is 0 Å². The van der Waals surface area contributed by atoms with E-state index in [2.05, 4.69) is 19.8 Å². The van der Waals surface area contributed by atoms with Crippen LogP contribution in [0.25, 0.3) is 0 Å². The number of pyridine rings is 1. The summed E-state index contributed by atoms with van der Waals surface area (Å²) in [6.07, 6.45) is 0.000146. The minimum absolute atomic E-state index is 0.0113. The molecule has 2 N–H and O–H groups in total. The van der Waals surface area contributed by atoms with Crippen LogP contribution >= 0.6 is 0 Å². The predicted molar refractivity (Wildman–Crippen MR) is 67.0 cm³/mol. The summed E-state index contributed by atoms with van der Waals surface area (Å²) in [5.74, 6) is 0.844. The summed E-state index contributed by atoms with van der Waals surface area (Å²) in [5, 5.41) is 3.05. The van der Waals surface area contributed by atoms with Gasteiger partial charge in [0.25, 0.3) is 0 Å². The second kappa shape index (κ2) is 4.26. The largest absolute Gasteiger partial charge is 0.447 e. The van der Waals surface area contributed by atoms with Crippen LogP contribution in [0, 0.1) is 0 Å². The van der Waals surface area contributed by atoms with Crippen LogP contribution in [0.2, 0.25) is 0 Å². The molecule has 19 heavy (non-hydrogen) atoms. The number of amides is 1. The molecule has 1 amide bonds. The zero-order valence-electron chi connectivity index (χ0n) is 9.92. The summed E-state index contributed by atoms with van der Waals surface area (Å²) >= 11 is 0. The number of anilines is 2. The average molecular weight is 284 g/mol. The lowest BCUT2D eigenvalue weighted by Crippen LogP contribution is -2.36. The highest BCUT2D eigenvalue weighted by Gasteiger charge is 2.33. The van der Waals surface area contributed by atoms with Crippen LogP contribution in [0.4, 0.5) is 16.4 Å². The fourth-order valence-electron chi connectivity index (χ4n) is 2.00. The van der Waals surface area contributed by atoms with Crippen molar-refractivity contribution in [1.29, 1.82) is 0 Å². The van der Waals surface area contributed by atoms with E-state index in [4.69, 9.17) is 0 Å². The number of carbonyl (C=O) groups excluding carboxylic acids is 1. The first-order chi connectivity index (χ1) is 9.06. The van der Waals surface area contributed by atoms with Gasteiger partial charge in [-0.05, 0) is 18.1 Å².